The summed E-state index contributed by atoms with van der Waals surface area (Å²) in [5.74, 6) is 0. The van der Waals surface area contributed by atoms with Crippen LogP contribution in [0.4, 0.5) is 0 Å². The second-order valence-electron chi connectivity index (χ2n) is 2.82. The van der Waals surface area contributed by atoms with Gasteiger partial charge in [0.2, 0.25) is 0 Å². The van der Waals surface area contributed by atoms with Crippen molar-refractivity contribution in [3.8, 4) is 0 Å². The molecule has 2 heteroatoms. The van der Waals surface area contributed by atoms with Crippen LogP contribution < -0.4 is 5.32 Å². The molecule has 0 radical (unpaired) electrons. The van der Waals surface area contributed by atoms with Crippen molar-refractivity contribution in [2.24, 2.45) is 0 Å². The largest absolute Gasteiger partial charge is 0.356 e. The molecule has 0 bridgehead atoms. The SMILES string of the molecule is CC1NCC2(CC2)O1. The summed E-state index contributed by atoms with van der Waals surface area (Å²) in [5, 5.41) is 3.25. The van der Waals surface area contributed by atoms with E-state index in [0.717, 1.165) is 6.54 Å². The minimum Gasteiger partial charge on any atom is -0.356 e. The predicted molar refractivity (Wildman–Crippen MR) is 30.5 cm³/mol. The average molecular weight is 113 g/mol. The highest BCUT2D eigenvalue weighted by Crippen LogP contribution is 2.42. The Balaban J connectivity index is 2.03. The fourth-order valence-electron chi connectivity index (χ4n) is 1.22. The zero-order valence-electron chi connectivity index (χ0n) is 5.11. The minimum absolute atomic E-state index is 0.303. The van der Waals surface area contributed by atoms with Crippen LogP contribution in [-0.2, 0) is 4.74 Å². The van der Waals surface area contributed by atoms with Crippen LogP contribution in [0.1, 0.15) is 19.8 Å². The summed E-state index contributed by atoms with van der Waals surface area (Å²) in [6.45, 7) is 3.14. The fourth-order valence-corrected chi connectivity index (χ4v) is 1.22. The minimum atomic E-state index is 0.303. The summed E-state index contributed by atoms with van der Waals surface area (Å²) in [6.07, 6.45) is 2.84. The molecule has 1 unspecified atom stereocenters. The van der Waals surface area contributed by atoms with Gasteiger partial charge in [-0.1, -0.05) is 0 Å². The highest BCUT2D eigenvalue weighted by molar-refractivity contribution is 5.01. The predicted octanol–water partition coefficient (Wildman–Crippen LogP) is 0.485. The van der Waals surface area contributed by atoms with Gasteiger partial charge in [0.25, 0.3) is 0 Å². The molecule has 1 spiro atoms. The van der Waals surface area contributed by atoms with Crippen LogP contribution in [0.25, 0.3) is 0 Å². The molecule has 0 aromatic heterocycles. The van der Waals surface area contributed by atoms with Gasteiger partial charge in [0.05, 0.1) is 5.60 Å². The van der Waals surface area contributed by atoms with Crippen LogP contribution in [0.5, 0.6) is 0 Å². The molecule has 0 amide bonds. The number of ether oxygens (including phenoxy) is 1. The van der Waals surface area contributed by atoms with Crippen molar-refractivity contribution in [2.45, 2.75) is 31.6 Å². The van der Waals surface area contributed by atoms with Gasteiger partial charge in [-0.05, 0) is 19.8 Å². The molecule has 1 heterocycles. The first kappa shape index (κ1) is 4.77. The van der Waals surface area contributed by atoms with Crippen LogP contribution in [0.3, 0.4) is 0 Å². The molecule has 2 aliphatic rings. The molecule has 0 aromatic rings. The van der Waals surface area contributed by atoms with E-state index in [0.29, 0.717) is 11.8 Å². The molecular formula is C6H11NO. The molecular weight excluding hydrogens is 102 g/mol. The van der Waals surface area contributed by atoms with Crippen LogP contribution in [-0.4, -0.2) is 18.4 Å². The summed E-state index contributed by atoms with van der Waals surface area (Å²) in [5.41, 5.74) is 0.305. The molecule has 46 valence electrons. The molecule has 2 rings (SSSR count). The Labute approximate surface area is 49.2 Å². The second kappa shape index (κ2) is 1.25. The van der Waals surface area contributed by atoms with E-state index in [9.17, 15) is 0 Å². The summed E-state index contributed by atoms with van der Waals surface area (Å²) in [4.78, 5) is 0. The van der Waals surface area contributed by atoms with Crippen LogP contribution >= 0.6 is 0 Å². The highest BCUT2D eigenvalue weighted by atomic mass is 16.5. The van der Waals surface area contributed by atoms with Crippen molar-refractivity contribution in [2.75, 3.05) is 6.54 Å². The van der Waals surface area contributed by atoms with Gasteiger partial charge in [0, 0.05) is 6.54 Å². The van der Waals surface area contributed by atoms with E-state index in [1.807, 2.05) is 0 Å². The van der Waals surface area contributed by atoms with Crippen molar-refractivity contribution in [1.29, 1.82) is 0 Å². The Morgan fingerprint density at radius 3 is 2.62 bits per heavy atom. The molecule has 0 aromatic carbocycles. The highest BCUT2D eigenvalue weighted by Gasteiger charge is 2.48. The van der Waals surface area contributed by atoms with Crippen LogP contribution in [0, 0.1) is 0 Å². The molecule has 1 aliphatic carbocycles. The average Bonchev–Trinajstić information content (AvgIpc) is 2.34. The van der Waals surface area contributed by atoms with Gasteiger partial charge in [-0.15, -0.1) is 0 Å². The van der Waals surface area contributed by atoms with Crippen molar-refractivity contribution in [3.63, 3.8) is 0 Å². The third kappa shape index (κ3) is 0.565. The van der Waals surface area contributed by atoms with Gasteiger partial charge in [-0.2, -0.15) is 0 Å². The quantitative estimate of drug-likeness (QED) is 0.493. The van der Waals surface area contributed by atoms with Crippen LogP contribution in [0.15, 0.2) is 0 Å². The topological polar surface area (TPSA) is 21.3 Å². The van der Waals surface area contributed by atoms with Crippen LogP contribution in [0.2, 0.25) is 0 Å². The standard InChI is InChI=1S/C6H11NO/c1-5-7-4-6(8-5)2-3-6/h5,7H,2-4H2,1H3. The summed E-state index contributed by atoms with van der Waals surface area (Å²) in [7, 11) is 0. The Hall–Kier alpha value is -0.0800. The van der Waals surface area contributed by atoms with E-state index in [-0.39, 0.29) is 0 Å². The lowest BCUT2D eigenvalue weighted by Gasteiger charge is -2.03. The lowest BCUT2D eigenvalue weighted by Crippen LogP contribution is -2.18. The van der Waals surface area contributed by atoms with Crippen molar-refractivity contribution < 1.29 is 4.74 Å². The third-order valence-corrected chi connectivity index (χ3v) is 1.95. The van der Waals surface area contributed by atoms with Crippen molar-refractivity contribution in [1.82, 2.24) is 5.32 Å². The first-order valence-electron chi connectivity index (χ1n) is 3.22. The maximum atomic E-state index is 5.55. The van der Waals surface area contributed by atoms with Crippen molar-refractivity contribution in [3.05, 3.63) is 0 Å². The molecule has 2 nitrogen and oxygen atoms in total. The van der Waals surface area contributed by atoms with Gasteiger partial charge >= 0.3 is 0 Å². The monoisotopic (exact) mass is 113 g/mol. The molecule has 1 saturated carbocycles. The van der Waals surface area contributed by atoms with Gasteiger partial charge in [-0.25, -0.2) is 0 Å². The third-order valence-electron chi connectivity index (χ3n) is 1.95. The molecule has 1 atom stereocenters. The molecule has 1 N–H and O–H groups in total. The summed E-state index contributed by atoms with van der Waals surface area (Å²) < 4.78 is 5.55. The molecule has 2 fully saturated rings. The maximum absolute atomic E-state index is 5.55. The maximum Gasteiger partial charge on any atom is 0.106 e. The van der Waals surface area contributed by atoms with E-state index in [2.05, 4.69) is 12.2 Å². The smallest absolute Gasteiger partial charge is 0.106 e. The summed E-state index contributed by atoms with van der Waals surface area (Å²) >= 11 is 0. The lowest BCUT2D eigenvalue weighted by molar-refractivity contribution is 0.0370. The van der Waals surface area contributed by atoms with Gasteiger partial charge < -0.3 is 4.74 Å². The number of hydrogen-bond donors (Lipinski definition) is 1. The number of rotatable bonds is 0. The normalized spacial score (nSPS) is 40.9. The van der Waals surface area contributed by atoms with E-state index >= 15 is 0 Å². The molecule has 8 heavy (non-hydrogen) atoms. The Bertz CT molecular complexity index is 109. The van der Waals surface area contributed by atoms with Gasteiger partial charge in [0.15, 0.2) is 0 Å². The van der Waals surface area contributed by atoms with Gasteiger partial charge in [0.1, 0.15) is 6.23 Å². The van der Waals surface area contributed by atoms with E-state index in [4.69, 9.17) is 4.74 Å². The Morgan fingerprint density at radius 2 is 2.38 bits per heavy atom. The lowest BCUT2D eigenvalue weighted by atomic mass is 10.4. The van der Waals surface area contributed by atoms with E-state index in [1.54, 1.807) is 0 Å². The molecule has 1 saturated heterocycles. The zero-order chi connectivity index (χ0) is 5.61. The molecule has 1 aliphatic heterocycles. The second-order valence-corrected chi connectivity index (χ2v) is 2.82. The van der Waals surface area contributed by atoms with Crippen molar-refractivity contribution >= 4 is 0 Å². The van der Waals surface area contributed by atoms with E-state index in [1.165, 1.54) is 12.8 Å². The van der Waals surface area contributed by atoms with E-state index < -0.39 is 0 Å². The summed E-state index contributed by atoms with van der Waals surface area (Å²) in [6, 6.07) is 0. The Morgan fingerprint density at radius 1 is 1.62 bits per heavy atom. The number of hydrogen-bond acceptors (Lipinski definition) is 2. The number of nitrogens with one attached hydrogen (secondary N) is 1. The fraction of sp³-hybridized carbons (Fsp3) is 1.00. The first-order valence-corrected chi connectivity index (χ1v) is 3.22. The first-order chi connectivity index (χ1) is 3.81. The zero-order valence-corrected chi connectivity index (χ0v) is 5.11. The van der Waals surface area contributed by atoms with Gasteiger partial charge in [-0.3, -0.25) is 5.32 Å². The Kier molecular flexibility index (Phi) is 0.746.